The van der Waals surface area contributed by atoms with Gasteiger partial charge < -0.3 is 19.7 Å². The molecule has 0 amide bonds. The van der Waals surface area contributed by atoms with E-state index in [9.17, 15) is 8.78 Å². The van der Waals surface area contributed by atoms with Gasteiger partial charge in [0.15, 0.2) is 5.96 Å². The van der Waals surface area contributed by atoms with E-state index >= 15 is 0 Å². The van der Waals surface area contributed by atoms with Crippen LogP contribution in [0.3, 0.4) is 0 Å². The summed E-state index contributed by atoms with van der Waals surface area (Å²) < 4.78 is 35.3. The van der Waals surface area contributed by atoms with E-state index in [-0.39, 0.29) is 30.1 Å². The summed E-state index contributed by atoms with van der Waals surface area (Å²) in [5.41, 5.74) is 0. The molecular weight excluding hydrogens is 407 g/mol. The third kappa shape index (κ3) is 9.04. The predicted molar refractivity (Wildman–Crippen MR) is 94.4 cm³/mol. The quantitative estimate of drug-likeness (QED) is 0.275. The lowest BCUT2D eigenvalue weighted by Crippen LogP contribution is -2.47. The highest BCUT2D eigenvalue weighted by molar-refractivity contribution is 14.0. The fourth-order valence-electron chi connectivity index (χ4n) is 2.27. The molecule has 1 aliphatic heterocycles. The maximum atomic E-state index is 12.3. The molecule has 0 bridgehead atoms. The van der Waals surface area contributed by atoms with E-state index in [0.717, 1.165) is 32.4 Å². The Kier molecular flexibility index (Phi) is 13.1. The van der Waals surface area contributed by atoms with Gasteiger partial charge in [0.05, 0.1) is 6.10 Å². The zero-order valence-electron chi connectivity index (χ0n) is 13.4. The van der Waals surface area contributed by atoms with Crippen LogP contribution in [0.5, 0.6) is 0 Å². The minimum Gasteiger partial charge on any atom is -0.385 e. The van der Waals surface area contributed by atoms with Crippen molar-refractivity contribution in [2.45, 2.75) is 38.7 Å². The van der Waals surface area contributed by atoms with E-state index < -0.39 is 13.0 Å². The second-order valence-corrected chi connectivity index (χ2v) is 4.99. The highest BCUT2D eigenvalue weighted by Gasteiger charge is 2.22. The first-order valence-corrected chi connectivity index (χ1v) is 7.59. The Bertz CT molecular complexity index is 302. The highest BCUT2D eigenvalue weighted by Crippen LogP contribution is 2.14. The van der Waals surface area contributed by atoms with Crippen LogP contribution in [0, 0.1) is 0 Å². The van der Waals surface area contributed by atoms with Crippen LogP contribution < -0.4 is 5.32 Å². The van der Waals surface area contributed by atoms with Crippen molar-refractivity contribution < 1.29 is 18.3 Å². The Morgan fingerprint density at radius 3 is 2.55 bits per heavy atom. The molecule has 1 saturated heterocycles. The normalized spacial score (nSPS) is 16.8. The van der Waals surface area contributed by atoms with E-state index in [4.69, 9.17) is 9.47 Å². The van der Waals surface area contributed by atoms with Crippen LogP contribution in [0.25, 0.3) is 0 Å². The summed E-state index contributed by atoms with van der Waals surface area (Å²) in [7, 11) is 1.68. The number of rotatable bonds is 8. The van der Waals surface area contributed by atoms with Crippen LogP contribution in [0.1, 0.15) is 26.2 Å². The number of ether oxygens (including phenoxy) is 2. The van der Waals surface area contributed by atoms with E-state index in [2.05, 4.69) is 10.3 Å². The lowest BCUT2D eigenvalue weighted by molar-refractivity contribution is 0.00984. The molecule has 132 valence electrons. The van der Waals surface area contributed by atoms with Crippen molar-refractivity contribution in [2.75, 3.05) is 46.5 Å². The summed E-state index contributed by atoms with van der Waals surface area (Å²) in [6.07, 6.45) is 0.532. The molecule has 0 radical (unpaired) electrons. The number of methoxy groups -OCH3 is 1. The van der Waals surface area contributed by atoms with Gasteiger partial charge in [-0.2, -0.15) is 0 Å². The second-order valence-electron chi connectivity index (χ2n) is 4.99. The lowest BCUT2D eigenvalue weighted by atomic mass is 10.1. The average molecular weight is 435 g/mol. The summed E-state index contributed by atoms with van der Waals surface area (Å²) >= 11 is 0. The first kappa shape index (κ1) is 21.8. The third-order valence-electron chi connectivity index (χ3n) is 3.30. The summed E-state index contributed by atoms with van der Waals surface area (Å²) in [6, 6.07) is 0. The smallest absolute Gasteiger partial charge is 0.257 e. The molecule has 1 fully saturated rings. The Morgan fingerprint density at radius 2 is 2.00 bits per heavy atom. The molecule has 0 spiro atoms. The monoisotopic (exact) mass is 435 g/mol. The molecule has 1 heterocycles. The second kappa shape index (κ2) is 13.2. The minimum absolute atomic E-state index is 0. The average Bonchev–Trinajstić information content (AvgIpc) is 2.48. The molecule has 0 aromatic heterocycles. The fraction of sp³-hybridized carbons (Fsp3) is 0.929. The van der Waals surface area contributed by atoms with Gasteiger partial charge in [0.25, 0.3) is 6.43 Å². The van der Waals surface area contributed by atoms with Gasteiger partial charge >= 0.3 is 0 Å². The van der Waals surface area contributed by atoms with Gasteiger partial charge in [-0.1, -0.05) is 0 Å². The Hall–Kier alpha value is -0.220. The number of halogens is 3. The number of likely N-dealkylation sites (tertiary alicyclic amines) is 1. The fourth-order valence-corrected chi connectivity index (χ4v) is 2.27. The summed E-state index contributed by atoms with van der Waals surface area (Å²) in [5, 5.41) is 3.07. The van der Waals surface area contributed by atoms with E-state index in [1.54, 1.807) is 7.11 Å². The number of nitrogens with one attached hydrogen (secondary N) is 1. The lowest BCUT2D eigenvalue weighted by Gasteiger charge is -2.34. The number of guanidine groups is 1. The van der Waals surface area contributed by atoms with Crippen LogP contribution in [-0.4, -0.2) is 69.9 Å². The third-order valence-corrected chi connectivity index (χ3v) is 3.30. The molecule has 22 heavy (non-hydrogen) atoms. The van der Waals surface area contributed by atoms with Crippen LogP contribution in [0.2, 0.25) is 0 Å². The molecule has 1 N–H and O–H groups in total. The molecule has 0 atom stereocenters. The first-order chi connectivity index (χ1) is 10.2. The van der Waals surface area contributed by atoms with Gasteiger partial charge in [-0.15, -0.1) is 24.0 Å². The van der Waals surface area contributed by atoms with Crippen LogP contribution >= 0.6 is 24.0 Å². The van der Waals surface area contributed by atoms with E-state index in [1.165, 1.54) is 0 Å². The van der Waals surface area contributed by atoms with Crippen molar-refractivity contribution in [1.29, 1.82) is 0 Å². The Labute approximate surface area is 148 Å². The number of aliphatic imine (C=N–C) groups is 1. The van der Waals surface area contributed by atoms with Crippen molar-refractivity contribution in [3.8, 4) is 0 Å². The Morgan fingerprint density at radius 1 is 1.32 bits per heavy atom. The molecule has 1 aliphatic rings. The number of hydrogen-bond donors (Lipinski definition) is 1. The Balaban J connectivity index is 0.00000441. The maximum Gasteiger partial charge on any atom is 0.257 e. The topological polar surface area (TPSA) is 46.1 Å². The molecule has 0 aromatic rings. The summed E-state index contributed by atoms with van der Waals surface area (Å²) in [5.74, 6) is 0.579. The van der Waals surface area contributed by atoms with Crippen LogP contribution in [0.15, 0.2) is 4.99 Å². The standard InChI is InChI=1S/C14H27F2N3O2.HI/c1-3-17-14(18-11-13(15)16)19-7-5-12(6-8-19)21-10-4-9-20-2;/h12-13H,3-11H2,1-2H3,(H,17,18);1H. The SMILES string of the molecule is CCNC(=NCC(F)F)N1CCC(OCCCOC)CC1.I. The number of piperidine rings is 1. The maximum absolute atomic E-state index is 12.3. The van der Waals surface area contributed by atoms with Gasteiger partial charge in [0.2, 0.25) is 0 Å². The van der Waals surface area contributed by atoms with Gasteiger partial charge in [0.1, 0.15) is 6.54 Å². The van der Waals surface area contributed by atoms with Crippen molar-refractivity contribution in [1.82, 2.24) is 10.2 Å². The zero-order valence-corrected chi connectivity index (χ0v) is 15.7. The van der Waals surface area contributed by atoms with Crippen LogP contribution in [0.4, 0.5) is 8.78 Å². The minimum atomic E-state index is -2.40. The molecule has 0 aliphatic carbocycles. The van der Waals surface area contributed by atoms with Gasteiger partial charge in [-0.05, 0) is 26.2 Å². The zero-order chi connectivity index (χ0) is 15.5. The van der Waals surface area contributed by atoms with Gasteiger partial charge in [-0.3, -0.25) is 0 Å². The van der Waals surface area contributed by atoms with E-state index in [1.807, 2.05) is 11.8 Å². The molecule has 0 saturated carbocycles. The molecular formula is C14H28F2IN3O2. The van der Waals surface area contributed by atoms with Gasteiger partial charge in [-0.25, -0.2) is 13.8 Å². The number of nitrogens with zero attached hydrogens (tertiary/aromatic N) is 2. The summed E-state index contributed by atoms with van der Waals surface area (Å²) in [6.45, 7) is 5.14. The molecule has 5 nitrogen and oxygen atoms in total. The van der Waals surface area contributed by atoms with Gasteiger partial charge in [0, 0.05) is 40.0 Å². The predicted octanol–water partition coefficient (Wildman–Crippen LogP) is 2.35. The van der Waals surface area contributed by atoms with E-state index in [0.29, 0.717) is 25.7 Å². The molecule has 8 heteroatoms. The molecule has 0 unspecified atom stereocenters. The van der Waals surface area contributed by atoms with Crippen molar-refractivity contribution in [2.24, 2.45) is 4.99 Å². The van der Waals surface area contributed by atoms with Crippen molar-refractivity contribution >= 4 is 29.9 Å². The number of hydrogen-bond acceptors (Lipinski definition) is 3. The number of alkyl halides is 2. The van der Waals surface area contributed by atoms with Crippen LogP contribution in [-0.2, 0) is 9.47 Å². The molecule has 1 rings (SSSR count). The highest BCUT2D eigenvalue weighted by atomic mass is 127. The first-order valence-electron chi connectivity index (χ1n) is 7.59. The van der Waals surface area contributed by atoms with Crippen molar-refractivity contribution in [3.63, 3.8) is 0 Å². The largest absolute Gasteiger partial charge is 0.385 e. The van der Waals surface area contributed by atoms with Crippen molar-refractivity contribution in [3.05, 3.63) is 0 Å². The summed E-state index contributed by atoms with van der Waals surface area (Å²) in [4.78, 5) is 6.00. The molecule has 0 aromatic carbocycles.